The largest absolute Gasteiger partial charge is 0.497 e. The molecule has 0 radical (unpaired) electrons. The molecular weight excluding hydrogens is 344 g/mol. The summed E-state index contributed by atoms with van der Waals surface area (Å²) in [5.41, 5.74) is 1.13. The van der Waals surface area contributed by atoms with Gasteiger partial charge in [-0.15, -0.1) is 0 Å². The van der Waals surface area contributed by atoms with Crippen molar-refractivity contribution in [2.24, 2.45) is 0 Å². The van der Waals surface area contributed by atoms with E-state index in [1.807, 2.05) is 53.4 Å². The number of fused-ring (bicyclic) bond motifs is 1. The fourth-order valence-corrected chi connectivity index (χ4v) is 3.65. The molecule has 1 saturated heterocycles. The minimum absolute atomic E-state index is 0.0595. The highest BCUT2D eigenvalue weighted by Gasteiger charge is 2.30. The molecule has 0 bridgehead atoms. The number of rotatable bonds is 4. The van der Waals surface area contributed by atoms with Crippen molar-refractivity contribution in [1.29, 1.82) is 0 Å². The van der Waals surface area contributed by atoms with Crippen LogP contribution in [-0.2, 0) is 0 Å². The van der Waals surface area contributed by atoms with Gasteiger partial charge in [0, 0.05) is 6.54 Å². The molecule has 2 aromatic rings. The van der Waals surface area contributed by atoms with Crippen molar-refractivity contribution in [2.45, 2.75) is 25.0 Å². The number of nitrogens with one attached hydrogen (secondary N) is 1. The number of hydrogen-bond donors (Lipinski definition) is 1. The Kier molecular flexibility index (Phi) is 5.05. The van der Waals surface area contributed by atoms with E-state index < -0.39 is 0 Å². The molecule has 1 N–H and O–H groups in total. The first-order valence-corrected chi connectivity index (χ1v) is 9.31. The number of likely N-dealkylation sites (tertiary alicyclic amines) is 1. The number of nitrogens with zero attached hydrogens (tertiary/aromatic N) is 1. The Morgan fingerprint density at radius 1 is 1.19 bits per heavy atom. The minimum Gasteiger partial charge on any atom is -0.497 e. The van der Waals surface area contributed by atoms with E-state index in [0.29, 0.717) is 13.2 Å². The molecule has 2 aliphatic rings. The van der Waals surface area contributed by atoms with Crippen LogP contribution in [0.3, 0.4) is 0 Å². The first-order valence-electron chi connectivity index (χ1n) is 9.31. The zero-order chi connectivity index (χ0) is 18.6. The molecule has 0 aromatic heterocycles. The zero-order valence-electron chi connectivity index (χ0n) is 15.4. The summed E-state index contributed by atoms with van der Waals surface area (Å²) in [4.78, 5) is 14.6. The van der Waals surface area contributed by atoms with Gasteiger partial charge in [0.25, 0.3) is 0 Å². The van der Waals surface area contributed by atoms with Gasteiger partial charge in [-0.2, -0.15) is 0 Å². The maximum Gasteiger partial charge on any atom is 0.318 e. The fraction of sp³-hybridized carbons (Fsp3) is 0.381. The van der Waals surface area contributed by atoms with Gasteiger partial charge in [-0.25, -0.2) is 4.79 Å². The van der Waals surface area contributed by atoms with Gasteiger partial charge in [-0.05, 0) is 42.7 Å². The molecule has 1 fully saturated rings. The summed E-state index contributed by atoms with van der Waals surface area (Å²) in [6, 6.07) is 15.6. The van der Waals surface area contributed by atoms with Crippen LogP contribution in [0.4, 0.5) is 4.79 Å². The number of hydrogen-bond acceptors (Lipinski definition) is 4. The third-order valence-electron chi connectivity index (χ3n) is 5.06. The average Bonchev–Trinajstić information content (AvgIpc) is 3.22. The number of methoxy groups -OCH3 is 1. The number of benzene rings is 2. The first kappa shape index (κ1) is 17.5. The standard InChI is InChI=1S/C21H24N2O4/c1-25-16-10-8-15(9-11-16)18-5-4-12-23(18)21(24)22-13-17-14-26-19-6-2-3-7-20(19)27-17/h2-3,6-11,17-18H,4-5,12-14H2,1H3,(H,22,24). The van der Waals surface area contributed by atoms with Crippen LogP contribution in [0.5, 0.6) is 17.2 Å². The highest BCUT2D eigenvalue weighted by molar-refractivity contribution is 5.75. The van der Waals surface area contributed by atoms with Crippen LogP contribution in [0.1, 0.15) is 24.4 Å². The van der Waals surface area contributed by atoms with Crippen LogP contribution in [0.2, 0.25) is 0 Å². The Bertz CT molecular complexity index is 793. The molecule has 6 heteroatoms. The maximum absolute atomic E-state index is 12.7. The van der Waals surface area contributed by atoms with E-state index in [-0.39, 0.29) is 18.2 Å². The van der Waals surface area contributed by atoms with Gasteiger partial charge in [0.05, 0.1) is 19.7 Å². The molecule has 0 spiro atoms. The summed E-state index contributed by atoms with van der Waals surface area (Å²) in [5, 5.41) is 3.00. The van der Waals surface area contributed by atoms with Crippen molar-refractivity contribution in [3.05, 3.63) is 54.1 Å². The summed E-state index contributed by atoms with van der Waals surface area (Å²) in [6.45, 7) is 1.60. The van der Waals surface area contributed by atoms with Crippen LogP contribution >= 0.6 is 0 Å². The van der Waals surface area contributed by atoms with Crippen LogP contribution in [0.15, 0.2) is 48.5 Å². The Morgan fingerprint density at radius 2 is 1.96 bits per heavy atom. The van der Waals surface area contributed by atoms with Crippen LogP contribution in [-0.4, -0.2) is 43.8 Å². The topological polar surface area (TPSA) is 60.0 Å². The molecule has 2 heterocycles. The lowest BCUT2D eigenvalue weighted by Crippen LogP contribution is -2.46. The van der Waals surface area contributed by atoms with Gasteiger partial charge in [-0.3, -0.25) is 0 Å². The lowest BCUT2D eigenvalue weighted by Gasteiger charge is -2.29. The number of carbonyl (C=O) groups excluding carboxylic acids is 1. The second-order valence-electron chi connectivity index (χ2n) is 6.81. The molecule has 6 nitrogen and oxygen atoms in total. The molecule has 2 atom stereocenters. The summed E-state index contributed by atoms with van der Waals surface area (Å²) in [5.74, 6) is 2.29. The average molecular weight is 368 g/mol. The van der Waals surface area contributed by atoms with Gasteiger partial charge in [0.15, 0.2) is 17.6 Å². The van der Waals surface area contributed by atoms with Crippen LogP contribution in [0, 0.1) is 0 Å². The first-order chi connectivity index (χ1) is 13.2. The highest BCUT2D eigenvalue weighted by atomic mass is 16.6. The third kappa shape index (κ3) is 3.79. The lowest BCUT2D eigenvalue weighted by atomic mass is 10.0. The van der Waals surface area contributed by atoms with Gasteiger partial charge in [0.2, 0.25) is 0 Å². The molecule has 2 unspecified atom stereocenters. The molecule has 142 valence electrons. The number of carbonyl (C=O) groups is 1. The Hall–Kier alpha value is -2.89. The van der Waals surface area contributed by atoms with Crippen LogP contribution < -0.4 is 19.5 Å². The minimum atomic E-state index is -0.189. The van der Waals surface area contributed by atoms with Crippen molar-refractivity contribution in [3.63, 3.8) is 0 Å². The number of urea groups is 1. The molecule has 0 aliphatic carbocycles. The molecule has 4 rings (SSSR count). The van der Waals surface area contributed by atoms with Crippen molar-refractivity contribution >= 4 is 6.03 Å². The second kappa shape index (κ2) is 7.78. The molecular formula is C21H24N2O4. The van der Waals surface area contributed by atoms with E-state index in [0.717, 1.165) is 42.2 Å². The molecule has 2 aliphatic heterocycles. The number of ether oxygens (including phenoxy) is 3. The van der Waals surface area contributed by atoms with E-state index >= 15 is 0 Å². The third-order valence-corrected chi connectivity index (χ3v) is 5.06. The predicted octanol–water partition coefficient (Wildman–Crippen LogP) is 3.38. The van der Waals surface area contributed by atoms with Gasteiger partial charge < -0.3 is 24.4 Å². The second-order valence-corrected chi connectivity index (χ2v) is 6.81. The summed E-state index contributed by atoms with van der Waals surface area (Å²) in [7, 11) is 1.65. The monoisotopic (exact) mass is 368 g/mol. The maximum atomic E-state index is 12.7. The number of para-hydroxylation sites is 2. The normalized spacial score (nSPS) is 21.0. The molecule has 27 heavy (non-hydrogen) atoms. The van der Waals surface area contributed by atoms with Gasteiger partial charge in [0.1, 0.15) is 12.4 Å². The van der Waals surface area contributed by atoms with Crippen LogP contribution in [0.25, 0.3) is 0 Å². The smallest absolute Gasteiger partial charge is 0.318 e. The summed E-state index contributed by atoms with van der Waals surface area (Å²) in [6.07, 6.45) is 1.78. The van der Waals surface area contributed by atoms with Gasteiger partial charge >= 0.3 is 6.03 Å². The number of amides is 2. The van der Waals surface area contributed by atoms with E-state index in [1.54, 1.807) is 7.11 Å². The Labute approximate surface area is 159 Å². The van der Waals surface area contributed by atoms with E-state index in [4.69, 9.17) is 14.2 Å². The van der Waals surface area contributed by atoms with Crippen molar-refractivity contribution in [1.82, 2.24) is 10.2 Å². The molecule has 0 saturated carbocycles. The van der Waals surface area contributed by atoms with Gasteiger partial charge in [-0.1, -0.05) is 24.3 Å². The quantitative estimate of drug-likeness (QED) is 0.899. The zero-order valence-corrected chi connectivity index (χ0v) is 15.4. The Morgan fingerprint density at radius 3 is 2.74 bits per heavy atom. The Balaban J connectivity index is 1.35. The SMILES string of the molecule is COc1ccc(C2CCCN2C(=O)NCC2COc3ccccc3O2)cc1. The van der Waals surface area contributed by atoms with Crippen molar-refractivity contribution in [3.8, 4) is 17.2 Å². The van der Waals surface area contributed by atoms with E-state index in [9.17, 15) is 4.79 Å². The molecule has 2 amide bonds. The summed E-state index contributed by atoms with van der Waals surface area (Å²) >= 11 is 0. The summed E-state index contributed by atoms with van der Waals surface area (Å²) < 4.78 is 16.8. The predicted molar refractivity (Wildman–Crippen MR) is 101 cm³/mol. The fourth-order valence-electron chi connectivity index (χ4n) is 3.65. The van der Waals surface area contributed by atoms with E-state index in [2.05, 4.69) is 5.32 Å². The van der Waals surface area contributed by atoms with E-state index in [1.165, 1.54) is 0 Å². The highest BCUT2D eigenvalue weighted by Crippen LogP contribution is 2.33. The van der Waals surface area contributed by atoms with Crippen molar-refractivity contribution in [2.75, 3.05) is 26.8 Å². The lowest BCUT2D eigenvalue weighted by molar-refractivity contribution is 0.0898. The van der Waals surface area contributed by atoms with Crippen molar-refractivity contribution < 1.29 is 19.0 Å². The molecule has 2 aromatic carbocycles.